The third-order valence-corrected chi connectivity index (χ3v) is 2.14. The largest absolute Gasteiger partial charge is 0.312 e. The van der Waals surface area contributed by atoms with Gasteiger partial charge >= 0.3 is 0 Å². The van der Waals surface area contributed by atoms with E-state index in [-0.39, 0.29) is 0 Å². The molecule has 0 aromatic carbocycles. The van der Waals surface area contributed by atoms with E-state index in [1.54, 1.807) is 0 Å². The van der Waals surface area contributed by atoms with Crippen LogP contribution in [0.4, 0.5) is 0 Å². The lowest BCUT2D eigenvalue weighted by atomic mass is 10.2. The van der Waals surface area contributed by atoms with Crippen LogP contribution < -0.4 is 5.32 Å². The molecule has 2 heteroatoms. The van der Waals surface area contributed by atoms with Crippen LogP contribution in [0.15, 0.2) is 0 Å². The molecule has 1 aliphatic rings. The highest BCUT2D eigenvalue weighted by molar-refractivity contribution is 5.01. The third kappa shape index (κ3) is 1.71. The monoisotopic (exact) mass is 138 g/mol. The van der Waals surface area contributed by atoms with Gasteiger partial charge in [0.1, 0.15) is 0 Å². The van der Waals surface area contributed by atoms with Crippen LogP contribution in [0.3, 0.4) is 0 Å². The Kier molecular flexibility index (Phi) is 1.96. The van der Waals surface area contributed by atoms with Crippen LogP contribution in [0.25, 0.3) is 0 Å². The normalized spacial score (nSPS) is 27.5. The van der Waals surface area contributed by atoms with Crippen molar-refractivity contribution >= 4 is 0 Å². The predicted octanol–water partition coefficient (Wildman–Crippen LogP) is 1.29. The number of nitrogens with one attached hydrogen (secondary N) is 1. The van der Waals surface area contributed by atoms with Crippen LogP contribution in [-0.2, 0) is 0 Å². The van der Waals surface area contributed by atoms with Gasteiger partial charge < -0.3 is 5.32 Å². The number of nitriles is 1. The van der Waals surface area contributed by atoms with E-state index in [2.05, 4.69) is 25.2 Å². The van der Waals surface area contributed by atoms with Crippen molar-refractivity contribution in [2.45, 2.75) is 32.7 Å². The first-order valence-corrected chi connectivity index (χ1v) is 3.77. The van der Waals surface area contributed by atoms with Gasteiger partial charge in [-0.1, -0.05) is 13.8 Å². The zero-order valence-electron chi connectivity index (χ0n) is 6.65. The Balaban J connectivity index is 2.03. The first-order chi connectivity index (χ1) is 4.67. The van der Waals surface area contributed by atoms with Gasteiger partial charge in [0.2, 0.25) is 0 Å². The Hall–Kier alpha value is -0.550. The van der Waals surface area contributed by atoms with E-state index in [0.29, 0.717) is 17.9 Å². The highest BCUT2D eigenvalue weighted by atomic mass is 15.0. The first-order valence-electron chi connectivity index (χ1n) is 3.77. The second kappa shape index (κ2) is 2.59. The molecular weight excluding hydrogens is 124 g/mol. The molecule has 1 fully saturated rings. The predicted molar refractivity (Wildman–Crippen MR) is 40.4 cm³/mol. The lowest BCUT2D eigenvalue weighted by molar-refractivity contribution is 0.547. The molecule has 0 spiro atoms. The minimum atomic E-state index is 0.495. The van der Waals surface area contributed by atoms with E-state index >= 15 is 0 Å². The van der Waals surface area contributed by atoms with Crippen LogP contribution in [0.2, 0.25) is 0 Å². The fourth-order valence-electron chi connectivity index (χ4n) is 1.12. The molecule has 2 nitrogen and oxygen atoms in total. The van der Waals surface area contributed by atoms with Gasteiger partial charge in [-0.2, -0.15) is 5.26 Å². The third-order valence-electron chi connectivity index (χ3n) is 2.14. The van der Waals surface area contributed by atoms with Gasteiger partial charge in [0.05, 0.1) is 6.07 Å². The average Bonchev–Trinajstić information content (AvgIpc) is 2.41. The summed E-state index contributed by atoms with van der Waals surface area (Å²) < 4.78 is 0. The summed E-state index contributed by atoms with van der Waals surface area (Å²) in [4.78, 5) is 0. The Morgan fingerprint density at radius 3 is 2.70 bits per heavy atom. The summed E-state index contributed by atoms with van der Waals surface area (Å²) in [6, 6.07) is 2.78. The molecule has 0 radical (unpaired) electrons. The van der Waals surface area contributed by atoms with Crippen molar-refractivity contribution in [3.8, 4) is 6.07 Å². The molecule has 0 heterocycles. The van der Waals surface area contributed by atoms with Gasteiger partial charge in [-0.15, -0.1) is 0 Å². The maximum atomic E-state index is 8.24. The van der Waals surface area contributed by atoms with Crippen molar-refractivity contribution in [1.82, 2.24) is 5.32 Å². The van der Waals surface area contributed by atoms with Crippen molar-refractivity contribution in [3.05, 3.63) is 0 Å². The topological polar surface area (TPSA) is 35.8 Å². The summed E-state index contributed by atoms with van der Waals surface area (Å²) in [5.41, 5.74) is 0.495. The van der Waals surface area contributed by atoms with Crippen molar-refractivity contribution in [2.24, 2.45) is 5.41 Å². The number of rotatable bonds is 3. The van der Waals surface area contributed by atoms with E-state index < -0.39 is 0 Å². The van der Waals surface area contributed by atoms with Crippen molar-refractivity contribution in [3.63, 3.8) is 0 Å². The Bertz CT molecular complexity index is 155. The maximum absolute atomic E-state index is 8.24. The van der Waals surface area contributed by atoms with Crippen LogP contribution >= 0.6 is 0 Å². The summed E-state index contributed by atoms with van der Waals surface area (Å²) in [6.45, 7) is 5.35. The summed E-state index contributed by atoms with van der Waals surface area (Å²) in [6.07, 6.45) is 1.89. The van der Waals surface area contributed by atoms with Crippen molar-refractivity contribution in [1.29, 1.82) is 5.26 Å². The van der Waals surface area contributed by atoms with Gasteiger partial charge in [-0.05, 0) is 11.8 Å². The van der Waals surface area contributed by atoms with Crippen LogP contribution in [0.1, 0.15) is 26.7 Å². The second-order valence-electron chi connectivity index (χ2n) is 3.61. The molecule has 1 unspecified atom stereocenters. The lowest BCUT2D eigenvalue weighted by Crippen LogP contribution is -2.21. The highest BCUT2D eigenvalue weighted by Crippen LogP contribution is 2.44. The molecule has 0 aliphatic heterocycles. The minimum Gasteiger partial charge on any atom is -0.312 e. The van der Waals surface area contributed by atoms with Crippen LogP contribution in [0.5, 0.6) is 0 Å². The van der Waals surface area contributed by atoms with Crippen molar-refractivity contribution in [2.75, 3.05) is 6.54 Å². The number of hydrogen-bond donors (Lipinski definition) is 1. The zero-order chi connectivity index (χ0) is 7.61. The quantitative estimate of drug-likeness (QED) is 0.596. The molecule has 0 aromatic heterocycles. The average molecular weight is 138 g/mol. The highest BCUT2D eigenvalue weighted by Gasteiger charge is 2.44. The van der Waals surface area contributed by atoms with Crippen LogP contribution in [-0.4, -0.2) is 12.6 Å². The summed E-state index contributed by atoms with van der Waals surface area (Å²) in [5.74, 6) is 0. The van der Waals surface area contributed by atoms with Gasteiger partial charge in [-0.25, -0.2) is 0 Å². The molecule has 1 saturated carbocycles. The molecule has 1 rings (SSSR count). The van der Waals surface area contributed by atoms with Gasteiger partial charge in [0, 0.05) is 19.0 Å². The molecule has 0 amide bonds. The molecule has 0 saturated heterocycles. The Labute approximate surface area is 62.2 Å². The summed E-state index contributed by atoms with van der Waals surface area (Å²) in [5, 5.41) is 11.6. The van der Waals surface area contributed by atoms with Crippen LogP contribution in [0, 0.1) is 16.7 Å². The Morgan fingerprint density at radius 1 is 1.70 bits per heavy atom. The zero-order valence-corrected chi connectivity index (χ0v) is 6.65. The summed E-state index contributed by atoms with van der Waals surface area (Å²) in [7, 11) is 0. The van der Waals surface area contributed by atoms with E-state index in [0.717, 1.165) is 6.54 Å². The molecule has 1 aliphatic carbocycles. The molecule has 56 valence electrons. The fourth-order valence-corrected chi connectivity index (χ4v) is 1.12. The maximum Gasteiger partial charge on any atom is 0.0635 e. The Morgan fingerprint density at radius 2 is 2.30 bits per heavy atom. The smallest absolute Gasteiger partial charge is 0.0635 e. The molecule has 10 heavy (non-hydrogen) atoms. The molecule has 0 aromatic rings. The second-order valence-corrected chi connectivity index (χ2v) is 3.61. The van der Waals surface area contributed by atoms with Gasteiger partial charge in [0.25, 0.3) is 0 Å². The molecule has 1 N–H and O–H groups in total. The molecule has 1 atom stereocenters. The van der Waals surface area contributed by atoms with E-state index in [1.807, 2.05) is 0 Å². The van der Waals surface area contributed by atoms with Crippen molar-refractivity contribution < 1.29 is 0 Å². The summed E-state index contributed by atoms with van der Waals surface area (Å²) >= 11 is 0. The minimum absolute atomic E-state index is 0.495. The van der Waals surface area contributed by atoms with E-state index in [4.69, 9.17) is 5.26 Å². The standard InChI is InChI=1S/C8H14N2/c1-8(2)6-7(8)10-5-3-4-9/h7,10H,3,5-6H2,1-2H3. The van der Waals surface area contributed by atoms with Gasteiger partial charge in [-0.3, -0.25) is 0 Å². The number of nitrogens with zero attached hydrogens (tertiary/aromatic N) is 1. The fraction of sp³-hybridized carbons (Fsp3) is 0.875. The van der Waals surface area contributed by atoms with Gasteiger partial charge in [0.15, 0.2) is 0 Å². The SMILES string of the molecule is CC1(C)CC1NCCC#N. The van der Waals surface area contributed by atoms with E-state index in [1.165, 1.54) is 6.42 Å². The molecular formula is C8H14N2. The first kappa shape index (κ1) is 7.56. The number of hydrogen-bond acceptors (Lipinski definition) is 2. The molecule has 0 bridgehead atoms. The lowest BCUT2D eigenvalue weighted by Gasteiger charge is -2.02. The van der Waals surface area contributed by atoms with E-state index in [9.17, 15) is 0 Å².